The van der Waals surface area contributed by atoms with Crippen molar-refractivity contribution < 1.29 is 17.2 Å². The van der Waals surface area contributed by atoms with Gasteiger partial charge in [-0.3, -0.25) is 9.98 Å². The molecule has 26 heavy (non-hydrogen) atoms. The van der Waals surface area contributed by atoms with Crippen LogP contribution in [0.15, 0.2) is 41.5 Å². The van der Waals surface area contributed by atoms with E-state index in [1.165, 1.54) is 43.6 Å². The maximum absolute atomic E-state index is 13.6. The lowest BCUT2D eigenvalue weighted by molar-refractivity contribution is 0.592. The Bertz CT molecular complexity index is 901. The number of nitrogens with one attached hydrogen (secondary N) is 2. The molecule has 0 spiro atoms. The van der Waals surface area contributed by atoms with Crippen LogP contribution in [0.3, 0.4) is 0 Å². The Kier molecular flexibility index (Phi) is 6.62. The molecule has 0 unspecified atom stereocenters. The largest absolute Gasteiger partial charge is 0.352 e. The van der Waals surface area contributed by atoms with Gasteiger partial charge in [0.2, 0.25) is 0 Å². The maximum Gasteiger partial charge on any atom is 0.191 e. The van der Waals surface area contributed by atoms with Crippen molar-refractivity contribution in [3.63, 3.8) is 0 Å². The van der Waals surface area contributed by atoms with Crippen LogP contribution in [0.4, 0.5) is 8.78 Å². The smallest absolute Gasteiger partial charge is 0.191 e. The van der Waals surface area contributed by atoms with Crippen LogP contribution in [0, 0.1) is 11.6 Å². The minimum absolute atomic E-state index is 0.117. The Hall–Kier alpha value is -2.55. The standard InChI is InChI=1S/C17H20F2N4O2S/c1-20-17(23-10-16-15(19)4-3-7-21-16)22-9-13-8-14(18)6-5-12(13)11-26(2,24)25/h3-8H,9-11H2,1-2H3,(H2,20,22,23). The number of guanidine groups is 1. The minimum Gasteiger partial charge on any atom is -0.352 e. The number of sulfone groups is 1. The van der Waals surface area contributed by atoms with Gasteiger partial charge in [0.1, 0.15) is 11.6 Å². The molecule has 9 heteroatoms. The zero-order chi connectivity index (χ0) is 19.2. The van der Waals surface area contributed by atoms with Crippen molar-refractivity contribution in [3.8, 4) is 0 Å². The third kappa shape index (κ3) is 6.07. The van der Waals surface area contributed by atoms with Crippen molar-refractivity contribution in [3.05, 3.63) is 65.0 Å². The van der Waals surface area contributed by atoms with E-state index in [1.807, 2.05) is 0 Å². The normalized spacial score (nSPS) is 12.1. The number of halogens is 2. The highest BCUT2D eigenvalue weighted by atomic mass is 32.2. The number of pyridine rings is 1. The fraction of sp³-hybridized carbons (Fsp3) is 0.294. The zero-order valence-corrected chi connectivity index (χ0v) is 15.3. The molecule has 0 radical (unpaired) electrons. The molecule has 0 amide bonds. The highest BCUT2D eigenvalue weighted by Gasteiger charge is 2.11. The molecule has 0 fully saturated rings. The quantitative estimate of drug-likeness (QED) is 0.588. The van der Waals surface area contributed by atoms with E-state index in [0.29, 0.717) is 17.1 Å². The highest BCUT2D eigenvalue weighted by Crippen LogP contribution is 2.14. The molecule has 2 rings (SSSR count). The molecule has 0 aliphatic heterocycles. The Morgan fingerprint density at radius 1 is 1.15 bits per heavy atom. The van der Waals surface area contributed by atoms with Crippen LogP contribution in [-0.2, 0) is 28.7 Å². The lowest BCUT2D eigenvalue weighted by atomic mass is 10.1. The third-order valence-electron chi connectivity index (χ3n) is 3.51. The third-order valence-corrected chi connectivity index (χ3v) is 4.35. The van der Waals surface area contributed by atoms with Gasteiger partial charge in [-0.15, -0.1) is 0 Å². The van der Waals surface area contributed by atoms with Crippen molar-refractivity contribution in [2.45, 2.75) is 18.8 Å². The van der Waals surface area contributed by atoms with Crippen molar-refractivity contribution in [2.75, 3.05) is 13.3 Å². The number of hydrogen-bond acceptors (Lipinski definition) is 4. The van der Waals surface area contributed by atoms with Crippen LogP contribution in [0.25, 0.3) is 0 Å². The molecule has 1 heterocycles. The number of benzene rings is 1. The maximum atomic E-state index is 13.6. The molecular weight excluding hydrogens is 362 g/mol. The van der Waals surface area contributed by atoms with Crippen molar-refractivity contribution in [2.24, 2.45) is 4.99 Å². The summed E-state index contributed by atoms with van der Waals surface area (Å²) in [5.74, 6) is -0.728. The van der Waals surface area contributed by atoms with E-state index in [-0.39, 0.29) is 24.5 Å². The second-order valence-electron chi connectivity index (χ2n) is 5.69. The van der Waals surface area contributed by atoms with Gasteiger partial charge in [0, 0.05) is 26.0 Å². The summed E-state index contributed by atoms with van der Waals surface area (Å²) in [6, 6.07) is 6.76. The summed E-state index contributed by atoms with van der Waals surface area (Å²) in [7, 11) is -1.72. The summed E-state index contributed by atoms with van der Waals surface area (Å²) < 4.78 is 50.2. The van der Waals surface area contributed by atoms with E-state index >= 15 is 0 Å². The van der Waals surface area contributed by atoms with Gasteiger partial charge < -0.3 is 10.6 Å². The van der Waals surface area contributed by atoms with Crippen molar-refractivity contribution in [1.29, 1.82) is 0 Å². The molecule has 0 bridgehead atoms. The second-order valence-corrected chi connectivity index (χ2v) is 7.83. The van der Waals surface area contributed by atoms with Gasteiger partial charge in [0.25, 0.3) is 0 Å². The summed E-state index contributed by atoms with van der Waals surface area (Å²) in [5, 5.41) is 5.86. The Labute approximate surface area is 151 Å². The molecule has 0 aliphatic carbocycles. The SMILES string of the molecule is CN=C(NCc1cc(F)ccc1CS(C)(=O)=O)NCc1ncccc1F. The molecule has 0 saturated carbocycles. The molecule has 2 N–H and O–H groups in total. The van der Waals surface area contributed by atoms with Crippen LogP contribution in [-0.4, -0.2) is 32.7 Å². The summed E-state index contributed by atoms with van der Waals surface area (Å²) >= 11 is 0. The average Bonchev–Trinajstić information content (AvgIpc) is 2.57. The van der Waals surface area contributed by atoms with E-state index in [1.54, 1.807) is 0 Å². The zero-order valence-electron chi connectivity index (χ0n) is 14.5. The first-order valence-corrected chi connectivity index (χ1v) is 9.83. The number of nitrogens with zero attached hydrogens (tertiary/aromatic N) is 2. The van der Waals surface area contributed by atoms with Gasteiger partial charge >= 0.3 is 0 Å². The Morgan fingerprint density at radius 3 is 2.54 bits per heavy atom. The number of hydrogen-bond donors (Lipinski definition) is 2. The van der Waals surface area contributed by atoms with E-state index in [2.05, 4.69) is 20.6 Å². The number of rotatable bonds is 6. The average molecular weight is 382 g/mol. The fourth-order valence-electron chi connectivity index (χ4n) is 2.30. The second kappa shape index (κ2) is 8.70. The predicted molar refractivity (Wildman–Crippen MR) is 96.2 cm³/mol. The summed E-state index contributed by atoms with van der Waals surface area (Å²) in [6.07, 6.45) is 2.61. The number of aromatic nitrogens is 1. The molecule has 2 aromatic rings. The van der Waals surface area contributed by atoms with Gasteiger partial charge in [-0.2, -0.15) is 0 Å². The highest BCUT2D eigenvalue weighted by molar-refractivity contribution is 7.89. The molecule has 0 aliphatic rings. The Balaban J connectivity index is 2.04. The van der Waals surface area contributed by atoms with Crippen molar-refractivity contribution >= 4 is 15.8 Å². The van der Waals surface area contributed by atoms with Crippen LogP contribution < -0.4 is 10.6 Å². The van der Waals surface area contributed by atoms with Crippen molar-refractivity contribution in [1.82, 2.24) is 15.6 Å². The van der Waals surface area contributed by atoms with E-state index in [4.69, 9.17) is 0 Å². The van der Waals surface area contributed by atoms with Gasteiger partial charge in [-0.1, -0.05) is 6.07 Å². The summed E-state index contributed by atoms with van der Waals surface area (Å²) in [4.78, 5) is 7.94. The van der Waals surface area contributed by atoms with Gasteiger partial charge in [-0.05, 0) is 35.4 Å². The number of aliphatic imine (C=N–C) groups is 1. The topological polar surface area (TPSA) is 83.5 Å². The molecule has 6 nitrogen and oxygen atoms in total. The fourth-order valence-corrected chi connectivity index (χ4v) is 3.14. The lowest BCUT2D eigenvalue weighted by Gasteiger charge is -2.14. The van der Waals surface area contributed by atoms with E-state index in [0.717, 1.165) is 6.26 Å². The molecule has 1 aromatic heterocycles. The first-order chi connectivity index (χ1) is 12.3. The molecule has 0 atom stereocenters. The Morgan fingerprint density at radius 2 is 1.88 bits per heavy atom. The molecule has 140 valence electrons. The summed E-state index contributed by atoms with van der Waals surface area (Å²) in [5.41, 5.74) is 1.24. The van der Waals surface area contributed by atoms with Crippen LogP contribution in [0.5, 0.6) is 0 Å². The first kappa shape index (κ1) is 19.8. The van der Waals surface area contributed by atoms with Gasteiger partial charge in [0.15, 0.2) is 15.8 Å². The molecule has 1 aromatic carbocycles. The van der Waals surface area contributed by atoms with Gasteiger partial charge in [0.05, 0.1) is 18.0 Å². The predicted octanol–water partition coefficient (Wildman–Crippen LogP) is 1.77. The van der Waals surface area contributed by atoms with E-state index < -0.39 is 21.5 Å². The minimum atomic E-state index is -3.25. The monoisotopic (exact) mass is 382 g/mol. The van der Waals surface area contributed by atoms with Crippen LogP contribution in [0.2, 0.25) is 0 Å². The van der Waals surface area contributed by atoms with Gasteiger partial charge in [-0.25, -0.2) is 17.2 Å². The summed E-state index contributed by atoms with van der Waals surface area (Å²) in [6.45, 7) is 0.276. The molecular formula is C17H20F2N4O2S. The van der Waals surface area contributed by atoms with E-state index in [9.17, 15) is 17.2 Å². The van der Waals surface area contributed by atoms with Crippen LogP contribution in [0.1, 0.15) is 16.8 Å². The first-order valence-electron chi connectivity index (χ1n) is 7.77. The van der Waals surface area contributed by atoms with Crippen LogP contribution >= 0.6 is 0 Å². The lowest BCUT2D eigenvalue weighted by Crippen LogP contribution is -2.37. The molecule has 0 saturated heterocycles.